The molecule has 6 rings (SSSR count). The second kappa shape index (κ2) is 13.2. The number of carbonyl (C=O) groups is 1. The van der Waals surface area contributed by atoms with Crippen molar-refractivity contribution < 1.29 is 4.79 Å². The van der Waals surface area contributed by atoms with Gasteiger partial charge in [0.05, 0.1) is 17.3 Å². The van der Waals surface area contributed by atoms with E-state index in [1.165, 1.54) is 0 Å². The van der Waals surface area contributed by atoms with E-state index in [1.54, 1.807) is 4.57 Å². The molecule has 1 unspecified atom stereocenters. The Bertz CT molecular complexity index is 1740. The van der Waals surface area contributed by atoms with Gasteiger partial charge in [-0.05, 0) is 61.7 Å². The second-order valence-corrected chi connectivity index (χ2v) is 11.3. The lowest BCUT2D eigenvalue weighted by Crippen LogP contribution is -2.43. The molecule has 6 heteroatoms. The third kappa shape index (κ3) is 6.15. The van der Waals surface area contributed by atoms with E-state index in [2.05, 4.69) is 28.2 Å². The second-order valence-electron chi connectivity index (χ2n) is 11.3. The Balaban J connectivity index is 1.50. The fourth-order valence-corrected chi connectivity index (χ4v) is 6.44. The van der Waals surface area contributed by atoms with Gasteiger partial charge in [-0.15, -0.1) is 0 Å². The highest BCUT2D eigenvalue weighted by Gasteiger charge is 2.29. The van der Waals surface area contributed by atoms with Gasteiger partial charge >= 0.3 is 0 Å². The van der Waals surface area contributed by atoms with Crippen LogP contribution in [0.5, 0.6) is 0 Å². The van der Waals surface area contributed by atoms with Crippen molar-refractivity contribution in [1.29, 1.82) is 0 Å². The minimum Gasteiger partial charge on any atom is -0.345 e. The molecule has 3 aromatic carbocycles. The SMILES string of the molecule is CC[C@H](NC(=O)c1c(CN2CCCCC2Cc2ccccn2)n(-c2ccccc2)c(=O)c2ccccc12)c1ccccc1. The van der Waals surface area contributed by atoms with Crippen molar-refractivity contribution >= 4 is 16.7 Å². The summed E-state index contributed by atoms with van der Waals surface area (Å²) in [5.41, 5.74) is 4.06. The molecule has 43 heavy (non-hydrogen) atoms. The number of carbonyl (C=O) groups excluding carboxylic acids is 1. The van der Waals surface area contributed by atoms with Gasteiger partial charge < -0.3 is 5.32 Å². The highest BCUT2D eigenvalue weighted by atomic mass is 16.2. The van der Waals surface area contributed by atoms with Crippen LogP contribution in [0.1, 0.15) is 66.0 Å². The van der Waals surface area contributed by atoms with E-state index in [4.69, 9.17) is 0 Å². The van der Waals surface area contributed by atoms with Gasteiger partial charge in [0.15, 0.2) is 0 Å². The van der Waals surface area contributed by atoms with Crippen molar-refractivity contribution in [2.45, 2.75) is 57.7 Å². The maximum atomic E-state index is 14.5. The first-order chi connectivity index (χ1) is 21.1. The number of likely N-dealkylation sites (tertiary alicyclic amines) is 1. The lowest BCUT2D eigenvalue weighted by atomic mass is 9.95. The van der Waals surface area contributed by atoms with Crippen LogP contribution in [0.3, 0.4) is 0 Å². The van der Waals surface area contributed by atoms with Gasteiger partial charge in [-0.3, -0.25) is 24.0 Å². The highest BCUT2D eigenvalue weighted by Crippen LogP contribution is 2.29. The fourth-order valence-electron chi connectivity index (χ4n) is 6.44. The summed E-state index contributed by atoms with van der Waals surface area (Å²) < 4.78 is 1.77. The van der Waals surface area contributed by atoms with E-state index < -0.39 is 0 Å². The van der Waals surface area contributed by atoms with Gasteiger partial charge in [0.1, 0.15) is 0 Å². The van der Waals surface area contributed by atoms with Crippen LogP contribution in [0.25, 0.3) is 16.5 Å². The van der Waals surface area contributed by atoms with Crippen LogP contribution >= 0.6 is 0 Å². The van der Waals surface area contributed by atoms with E-state index in [9.17, 15) is 9.59 Å². The molecule has 1 amide bonds. The Labute approximate surface area is 253 Å². The van der Waals surface area contributed by atoms with Crippen LogP contribution in [0.15, 0.2) is 114 Å². The average Bonchev–Trinajstić information content (AvgIpc) is 3.06. The van der Waals surface area contributed by atoms with Crippen LogP contribution in [0, 0.1) is 0 Å². The fraction of sp³-hybridized carbons (Fsp3) is 0.270. The zero-order chi connectivity index (χ0) is 29.6. The van der Waals surface area contributed by atoms with E-state index in [0.717, 1.165) is 61.3 Å². The molecule has 0 radical (unpaired) electrons. The molecule has 3 heterocycles. The van der Waals surface area contributed by atoms with Crippen molar-refractivity contribution in [3.8, 4) is 5.69 Å². The lowest BCUT2D eigenvalue weighted by Gasteiger charge is -2.36. The molecule has 2 atom stereocenters. The van der Waals surface area contributed by atoms with Crippen LogP contribution < -0.4 is 10.9 Å². The number of nitrogens with one attached hydrogen (secondary N) is 1. The minimum atomic E-state index is -0.162. The van der Waals surface area contributed by atoms with E-state index in [1.807, 2.05) is 103 Å². The van der Waals surface area contributed by atoms with Crippen molar-refractivity contribution in [1.82, 2.24) is 19.8 Å². The molecular formula is C37H38N4O2. The molecule has 1 fully saturated rings. The van der Waals surface area contributed by atoms with E-state index in [0.29, 0.717) is 22.9 Å². The Morgan fingerprint density at radius 2 is 1.58 bits per heavy atom. The summed E-state index contributed by atoms with van der Waals surface area (Å²) >= 11 is 0. The molecule has 5 aromatic rings. The quantitative estimate of drug-likeness (QED) is 0.210. The number of para-hydroxylation sites is 1. The highest BCUT2D eigenvalue weighted by molar-refractivity contribution is 6.08. The molecule has 2 aromatic heterocycles. The molecule has 1 saturated heterocycles. The van der Waals surface area contributed by atoms with Crippen molar-refractivity contribution in [3.63, 3.8) is 0 Å². The van der Waals surface area contributed by atoms with Crippen LogP contribution in [0.2, 0.25) is 0 Å². The number of fused-ring (bicyclic) bond motifs is 1. The summed E-state index contributed by atoms with van der Waals surface area (Å²) in [6.45, 7) is 3.46. The molecule has 0 bridgehead atoms. The van der Waals surface area contributed by atoms with E-state index in [-0.39, 0.29) is 23.6 Å². The predicted octanol–water partition coefficient (Wildman–Crippen LogP) is 6.86. The summed E-state index contributed by atoms with van der Waals surface area (Å²) in [5, 5.41) is 4.56. The molecule has 0 aliphatic carbocycles. The summed E-state index contributed by atoms with van der Waals surface area (Å²) in [4.78, 5) is 35.8. The molecular weight excluding hydrogens is 532 g/mol. The Morgan fingerprint density at radius 1 is 0.884 bits per heavy atom. The zero-order valence-corrected chi connectivity index (χ0v) is 24.7. The number of aromatic nitrogens is 2. The Kier molecular flexibility index (Phi) is 8.75. The third-order valence-electron chi connectivity index (χ3n) is 8.62. The van der Waals surface area contributed by atoms with Gasteiger partial charge in [0, 0.05) is 47.4 Å². The molecule has 218 valence electrons. The number of hydrogen-bond donors (Lipinski definition) is 1. The first-order valence-electron chi connectivity index (χ1n) is 15.4. The molecule has 1 aliphatic heterocycles. The van der Waals surface area contributed by atoms with Crippen molar-refractivity contribution in [3.05, 3.63) is 142 Å². The number of amides is 1. The summed E-state index contributed by atoms with van der Waals surface area (Å²) in [7, 11) is 0. The standard InChI is InChI=1S/C37H38N4O2/c1-2-33(27-15-5-3-6-16-27)39-36(42)35-31-21-9-10-22-32(31)37(43)41(29-18-7-4-8-19-29)34(35)26-40-24-14-12-20-30(40)25-28-17-11-13-23-38-28/h3-11,13,15-19,21-23,30,33H,2,12,14,20,24-26H2,1H3,(H,39,42)/t30?,33-/m0/s1. The largest absolute Gasteiger partial charge is 0.345 e. The maximum absolute atomic E-state index is 14.5. The molecule has 1 N–H and O–H groups in total. The summed E-state index contributed by atoms with van der Waals surface area (Å²) in [6.07, 6.45) is 6.71. The van der Waals surface area contributed by atoms with Crippen molar-refractivity contribution in [2.24, 2.45) is 0 Å². The Morgan fingerprint density at radius 3 is 2.30 bits per heavy atom. The van der Waals surface area contributed by atoms with Crippen molar-refractivity contribution in [2.75, 3.05) is 6.54 Å². The lowest BCUT2D eigenvalue weighted by molar-refractivity contribution is 0.0930. The van der Waals surface area contributed by atoms with Gasteiger partial charge in [0.25, 0.3) is 11.5 Å². The topological polar surface area (TPSA) is 67.2 Å². The monoisotopic (exact) mass is 570 g/mol. The molecule has 0 saturated carbocycles. The predicted molar refractivity (Wildman–Crippen MR) is 172 cm³/mol. The summed E-state index contributed by atoms with van der Waals surface area (Å²) in [6, 6.07) is 33.5. The minimum absolute atomic E-state index is 0.110. The van der Waals surface area contributed by atoms with Crippen LogP contribution in [-0.2, 0) is 13.0 Å². The zero-order valence-electron chi connectivity index (χ0n) is 24.7. The number of hydrogen-bond acceptors (Lipinski definition) is 4. The van der Waals surface area contributed by atoms with Crippen LogP contribution in [-0.4, -0.2) is 32.9 Å². The normalized spacial score (nSPS) is 16.2. The van der Waals surface area contributed by atoms with Gasteiger partial charge in [-0.1, -0.05) is 86.1 Å². The first kappa shape index (κ1) is 28.6. The van der Waals surface area contributed by atoms with Gasteiger partial charge in [-0.25, -0.2) is 0 Å². The Hall–Kier alpha value is -4.55. The average molecular weight is 571 g/mol. The number of benzene rings is 3. The number of nitrogens with zero attached hydrogens (tertiary/aromatic N) is 3. The smallest absolute Gasteiger partial charge is 0.263 e. The number of rotatable bonds is 9. The number of pyridine rings is 2. The van der Waals surface area contributed by atoms with Crippen LogP contribution in [0.4, 0.5) is 0 Å². The number of piperidine rings is 1. The molecule has 0 spiro atoms. The van der Waals surface area contributed by atoms with Gasteiger partial charge in [-0.2, -0.15) is 0 Å². The molecule has 1 aliphatic rings. The first-order valence-corrected chi connectivity index (χ1v) is 15.4. The summed E-state index contributed by atoms with van der Waals surface area (Å²) in [5.74, 6) is -0.162. The van der Waals surface area contributed by atoms with E-state index >= 15 is 0 Å². The third-order valence-corrected chi connectivity index (χ3v) is 8.62. The maximum Gasteiger partial charge on any atom is 0.263 e. The molecule has 6 nitrogen and oxygen atoms in total. The van der Waals surface area contributed by atoms with Gasteiger partial charge in [0.2, 0.25) is 0 Å².